The minimum Gasteiger partial charge on any atom is -0.545 e. The quantitative estimate of drug-likeness (QED) is 0.0195. The summed E-state index contributed by atoms with van der Waals surface area (Å²) in [6.45, 7) is 4.56. The summed E-state index contributed by atoms with van der Waals surface area (Å²) < 4.78 is 22.9. The monoisotopic (exact) mass is 1350 g/mol. The van der Waals surface area contributed by atoms with Gasteiger partial charge < -0.3 is 33.3 Å². The van der Waals surface area contributed by atoms with E-state index in [1.54, 1.807) is 0 Å². The summed E-state index contributed by atoms with van der Waals surface area (Å²) in [5.41, 5.74) is 0. The molecular weight excluding hydrogens is 1200 g/mol. The van der Waals surface area contributed by atoms with E-state index in [0.29, 0.717) is 23.9 Å². The van der Waals surface area contributed by atoms with Crippen LogP contribution >= 0.6 is 0 Å². The predicted molar refractivity (Wildman–Crippen MR) is 417 cm³/mol. The van der Waals surface area contributed by atoms with Crippen LogP contribution in [0.2, 0.25) is 0 Å². The number of hydrogen-bond donors (Lipinski definition) is 0. The molecular formula is C88H153NO8. The van der Waals surface area contributed by atoms with Gasteiger partial charge in [-0.15, -0.1) is 0 Å². The Kier molecular flexibility index (Phi) is 74.0. The molecule has 0 spiro atoms. The van der Waals surface area contributed by atoms with Crippen molar-refractivity contribution in [3.63, 3.8) is 0 Å². The number of aliphatic carboxylic acids is 1. The summed E-state index contributed by atoms with van der Waals surface area (Å²) in [7, 11) is 5.94. The zero-order chi connectivity index (χ0) is 70.4. The zero-order valence-corrected chi connectivity index (χ0v) is 63.9. The molecule has 0 aliphatic rings. The topological polar surface area (TPSA) is 111 Å². The van der Waals surface area contributed by atoms with Gasteiger partial charge in [-0.2, -0.15) is 0 Å². The Morgan fingerprint density at radius 3 is 0.825 bits per heavy atom. The van der Waals surface area contributed by atoms with Crippen LogP contribution in [0.3, 0.4) is 0 Å². The third-order valence-corrected chi connectivity index (χ3v) is 17.7. The second-order valence-corrected chi connectivity index (χ2v) is 28.3. The first-order chi connectivity index (χ1) is 47.6. The highest BCUT2D eigenvalue weighted by atomic mass is 16.7. The molecule has 0 amide bonds. The van der Waals surface area contributed by atoms with E-state index in [0.717, 1.165) is 103 Å². The summed E-state index contributed by atoms with van der Waals surface area (Å²) in [4.78, 5) is 37.6. The molecule has 9 nitrogen and oxygen atoms in total. The van der Waals surface area contributed by atoms with Gasteiger partial charge in [-0.05, 0) is 103 Å². The van der Waals surface area contributed by atoms with Crippen molar-refractivity contribution in [3.05, 3.63) is 122 Å². The van der Waals surface area contributed by atoms with Crippen LogP contribution in [0.5, 0.6) is 0 Å². The maximum Gasteiger partial charge on any atom is 0.306 e. The molecule has 97 heavy (non-hydrogen) atoms. The van der Waals surface area contributed by atoms with Gasteiger partial charge in [-0.1, -0.05) is 367 Å². The number of hydrogen-bond acceptors (Lipinski definition) is 8. The number of rotatable bonds is 75. The van der Waals surface area contributed by atoms with Crippen molar-refractivity contribution in [2.24, 2.45) is 0 Å². The minimum atomic E-state index is -1.63. The number of carbonyl (C=O) groups excluding carboxylic acids is 3. The Balaban J connectivity index is 3.99. The van der Waals surface area contributed by atoms with E-state index < -0.39 is 24.3 Å². The number of carboxylic acid groups (broad SMARTS) is 1. The summed E-state index contributed by atoms with van der Waals surface area (Å²) in [6, 6.07) is 0. The number of allylic oxidation sites excluding steroid dienone is 20. The van der Waals surface area contributed by atoms with Crippen LogP contribution in [0.1, 0.15) is 361 Å². The van der Waals surface area contributed by atoms with Gasteiger partial charge in [0.15, 0.2) is 12.4 Å². The number of carbonyl (C=O) groups is 3. The molecule has 0 N–H and O–H groups in total. The number of ether oxygens (including phenoxy) is 4. The fraction of sp³-hybridized carbons (Fsp3) is 0.739. The van der Waals surface area contributed by atoms with Crippen LogP contribution in [0, 0.1) is 0 Å². The molecule has 0 saturated heterocycles. The van der Waals surface area contributed by atoms with Crippen molar-refractivity contribution in [1.29, 1.82) is 0 Å². The fourth-order valence-corrected chi connectivity index (χ4v) is 11.6. The maximum absolute atomic E-state index is 13.0. The van der Waals surface area contributed by atoms with Crippen LogP contribution in [-0.4, -0.2) is 82.3 Å². The van der Waals surface area contributed by atoms with Crippen molar-refractivity contribution in [2.45, 2.75) is 373 Å². The molecule has 0 aromatic heterocycles. The number of carboxylic acids is 1. The van der Waals surface area contributed by atoms with Gasteiger partial charge in [0.1, 0.15) is 13.2 Å². The normalized spacial score (nSPS) is 13.3. The minimum absolute atomic E-state index is 0.146. The van der Waals surface area contributed by atoms with E-state index in [4.69, 9.17) is 18.9 Å². The van der Waals surface area contributed by atoms with Gasteiger partial charge >= 0.3 is 11.9 Å². The lowest BCUT2D eigenvalue weighted by Crippen LogP contribution is -2.44. The highest BCUT2D eigenvalue weighted by Crippen LogP contribution is 2.19. The molecule has 0 radical (unpaired) electrons. The lowest BCUT2D eigenvalue weighted by Gasteiger charge is -2.26. The van der Waals surface area contributed by atoms with Gasteiger partial charge in [-0.3, -0.25) is 9.59 Å². The van der Waals surface area contributed by atoms with Crippen LogP contribution in [-0.2, 0) is 33.3 Å². The van der Waals surface area contributed by atoms with Crippen LogP contribution in [0.4, 0.5) is 0 Å². The van der Waals surface area contributed by atoms with Crippen molar-refractivity contribution >= 4 is 17.9 Å². The van der Waals surface area contributed by atoms with Crippen molar-refractivity contribution in [2.75, 3.05) is 47.5 Å². The fourth-order valence-electron chi connectivity index (χ4n) is 11.6. The smallest absolute Gasteiger partial charge is 0.306 e. The maximum atomic E-state index is 13.0. The Hall–Kier alpha value is -4.31. The molecule has 0 fully saturated rings. The van der Waals surface area contributed by atoms with Crippen LogP contribution in [0.15, 0.2) is 122 Å². The number of nitrogens with zero attached hydrogens (tertiary/aromatic N) is 1. The predicted octanol–water partition coefficient (Wildman–Crippen LogP) is 24.9. The molecule has 9 heteroatoms. The second-order valence-electron chi connectivity index (χ2n) is 28.3. The van der Waals surface area contributed by atoms with Gasteiger partial charge in [0.2, 0.25) is 0 Å². The molecule has 0 aliphatic carbocycles. The number of likely N-dealkylation sites (N-methyl/N-ethyl adjacent to an activating group) is 1. The Morgan fingerprint density at radius 2 is 0.557 bits per heavy atom. The summed E-state index contributed by atoms with van der Waals surface area (Å²) in [5.74, 6) is -2.26. The highest BCUT2D eigenvalue weighted by molar-refractivity contribution is 5.70. The zero-order valence-electron chi connectivity index (χ0n) is 63.9. The van der Waals surface area contributed by atoms with Crippen molar-refractivity contribution < 1.29 is 42.9 Å². The molecule has 2 unspecified atom stereocenters. The van der Waals surface area contributed by atoms with E-state index in [-0.39, 0.29) is 32.2 Å². The van der Waals surface area contributed by atoms with Gasteiger partial charge in [0.05, 0.1) is 40.3 Å². The lowest BCUT2D eigenvalue weighted by molar-refractivity contribution is -0.870. The molecule has 0 bridgehead atoms. The number of esters is 2. The number of quaternary nitrogens is 1. The summed E-state index contributed by atoms with van der Waals surface area (Å²) in [5, 5.41) is 11.9. The molecule has 0 heterocycles. The molecule has 0 aromatic rings. The highest BCUT2D eigenvalue weighted by Gasteiger charge is 2.22. The Bertz CT molecular complexity index is 2020. The number of unbranched alkanes of at least 4 members (excludes halogenated alkanes) is 40. The van der Waals surface area contributed by atoms with E-state index in [1.807, 2.05) is 21.1 Å². The van der Waals surface area contributed by atoms with E-state index in [1.165, 1.54) is 225 Å². The van der Waals surface area contributed by atoms with Crippen molar-refractivity contribution in [1.82, 2.24) is 0 Å². The molecule has 0 aliphatic heterocycles. The van der Waals surface area contributed by atoms with Crippen molar-refractivity contribution in [3.8, 4) is 0 Å². The third-order valence-electron chi connectivity index (χ3n) is 17.7. The average molecular weight is 1350 g/mol. The first kappa shape index (κ1) is 92.7. The molecule has 2 atom stereocenters. The summed E-state index contributed by atoms with van der Waals surface area (Å²) in [6.07, 6.45) is 108. The lowest BCUT2D eigenvalue weighted by atomic mass is 10.0. The Morgan fingerprint density at radius 1 is 0.309 bits per heavy atom. The summed E-state index contributed by atoms with van der Waals surface area (Å²) >= 11 is 0. The van der Waals surface area contributed by atoms with Gasteiger partial charge in [0.25, 0.3) is 0 Å². The van der Waals surface area contributed by atoms with Gasteiger partial charge in [0, 0.05) is 12.8 Å². The molecule has 0 aromatic carbocycles. The van der Waals surface area contributed by atoms with E-state index >= 15 is 0 Å². The molecule has 0 rings (SSSR count). The first-order valence-corrected chi connectivity index (χ1v) is 40.7. The van der Waals surface area contributed by atoms with E-state index in [2.05, 4.69) is 135 Å². The van der Waals surface area contributed by atoms with Gasteiger partial charge in [-0.25, -0.2) is 0 Å². The Labute approximate surface area is 599 Å². The largest absolute Gasteiger partial charge is 0.545 e. The van der Waals surface area contributed by atoms with Crippen LogP contribution in [0.25, 0.3) is 0 Å². The second kappa shape index (κ2) is 77.4. The molecule has 558 valence electrons. The third kappa shape index (κ3) is 78.9. The van der Waals surface area contributed by atoms with Crippen LogP contribution < -0.4 is 5.11 Å². The first-order valence-electron chi connectivity index (χ1n) is 40.7. The SMILES string of the molecule is CC/C=C\C/C=C\C/C=C\C/C=C\C/C=C\C/C=C\CCCCCCCCCCCCCCCCCCC(=O)OC(COC(=O)CCCCCCCCCCCCCCCCCCCCCCCCCC/C=C\C/C=C\C/C=C\C/C=C\CC)COC(OCC[N+](C)(C)C)C(=O)[O-]. The average Bonchev–Trinajstić information content (AvgIpc) is 3.74. The molecule has 0 saturated carbocycles. The van der Waals surface area contributed by atoms with E-state index in [9.17, 15) is 19.5 Å². The standard InChI is InChI=1S/C88H153NO8/c1-6-8-10-12-14-16-18-20-22-24-26-28-30-32-34-36-38-40-42-43-45-46-48-50-52-54-56-58-60-62-64-66-68-70-72-74-76-78-85(90)95-82-84(83-96-88(87(92)93)94-81-80-89(3,4)5)97-86(91)79-77-75-73-71-69-67-65-63-61-59-57-55-53-51-49-47-44-41-39-37-35-33-31-29-27-25-23-21-19-17-15-13-11-9-7-2/h8-11,14-17,20-23,26-29,33,35,39,41,84,88H,6-7,12-13,18-19,24-25,30-32,34,36-38,40,42-83H2,1-5H3/b10-8-,11-9-,16-14-,17-15-,22-20-,23-21-,28-26-,29-27-,35-33-,41-39-.